The van der Waals surface area contributed by atoms with Gasteiger partial charge in [-0.3, -0.25) is 0 Å². The van der Waals surface area contributed by atoms with Crippen LogP contribution < -0.4 is 21.1 Å². The molecule has 33 heavy (non-hydrogen) atoms. The van der Waals surface area contributed by atoms with Crippen LogP contribution in [-0.2, 0) is 0 Å². The molecule has 0 N–H and O–H groups in total. The Balaban J connectivity index is 1.60. The van der Waals surface area contributed by atoms with E-state index < -0.39 is 0 Å². The first-order valence-electron chi connectivity index (χ1n) is 11.4. The number of rotatable bonds is 1. The Bertz CT molecular complexity index is 1750. The molecule has 152 valence electrons. The maximum atomic E-state index is 6.43. The zero-order valence-corrected chi connectivity index (χ0v) is 17.8. The average Bonchev–Trinajstić information content (AvgIpc) is 3.22. The van der Waals surface area contributed by atoms with Crippen LogP contribution in [0.4, 0.5) is 0 Å². The highest BCUT2D eigenvalue weighted by molar-refractivity contribution is 6.99. The van der Waals surface area contributed by atoms with Crippen LogP contribution in [0.25, 0.3) is 38.6 Å². The van der Waals surface area contributed by atoms with Gasteiger partial charge in [0.1, 0.15) is 11.5 Å². The van der Waals surface area contributed by atoms with Crippen molar-refractivity contribution in [2.24, 2.45) is 0 Å². The lowest BCUT2D eigenvalue weighted by atomic mass is 9.34. The van der Waals surface area contributed by atoms with Crippen LogP contribution in [0.15, 0.2) is 109 Å². The third kappa shape index (κ3) is 2.19. The number of nitrogens with zero attached hydrogens (tertiary/aromatic N) is 1. The second-order valence-corrected chi connectivity index (χ2v) is 8.94. The summed E-state index contributed by atoms with van der Waals surface area (Å²) in [6.07, 6.45) is 0. The van der Waals surface area contributed by atoms with Crippen molar-refractivity contribution in [2.45, 2.75) is 0 Å². The van der Waals surface area contributed by atoms with Gasteiger partial charge in [0.2, 0.25) is 0 Å². The molecule has 3 heteroatoms. The molecule has 2 aliphatic rings. The number of hydrogen-bond donors (Lipinski definition) is 0. The summed E-state index contributed by atoms with van der Waals surface area (Å²) in [7, 11) is 0. The van der Waals surface area contributed by atoms with E-state index in [0.717, 1.165) is 11.5 Å². The lowest BCUT2D eigenvalue weighted by molar-refractivity contribution is 0.487. The SMILES string of the molecule is c1ccc(-c2cc3c4c(c2)c2ccccc2n4-c2cccc4c2B3c2ccccc2O4)cc1. The third-order valence-corrected chi connectivity index (χ3v) is 7.24. The largest absolute Gasteiger partial charge is 0.458 e. The fourth-order valence-electron chi connectivity index (χ4n) is 5.91. The first-order valence-corrected chi connectivity index (χ1v) is 11.4. The van der Waals surface area contributed by atoms with Crippen LogP contribution in [-0.4, -0.2) is 11.3 Å². The Hall–Kier alpha value is -4.24. The van der Waals surface area contributed by atoms with Crippen LogP contribution in [0.3, 0.4) is 0 Å². The van der Waals surface area contributed by atoms with E-state index in [1.54, 1.807) is 0 Å². The fourth-order valence-corrected chi connectivity index (χ4v) is 5.91. The molecule has 2 aliphatic heterocycles. The Morgan fingerprint density at radius 2 is 1.36 bits per heavy atom. The summed E-state index contributed by atoms with van der Waals surface area (Å²) >= 11 is 0. The second kappa shape index (κ2) is 6.17. The molecular formula is C30H18BNO. The van der Waals surface area contributed by atoms with Crippen LogP contribution >= 0.6 is 0 Å². The first-order chi connectivity index (χ1) is 16.4. The van der Waals surface area contributed by atoms with Gasteiger partial charge < -0.3 is 9.30 Å². The fraction of sp³-hybridized carbons (Fsp3) is 0. The van der Waals surface area contributed by atoms with Crippen LogP contribution in [0.5, 0.6) is 11.5 Å². The summed E-state index contributed by atoms with van der Waals surface area (Å²) in [4.78, 5) is 0. The maximum Gasteiger partial charge on any atom is 0.256 e. The van der Waals surface area contributed by atoms with Gasteiger partial charge in [0.15, 0.2) is 0 Å². The summed E-state index contributed by atoms with van der Waals surface area (Å²) in [5.41, 5.74) is 10.1. The zero-order valence-electron chi connectivity index (χ0n) is 17.8. The van der Waals surface area contributed by atoms with E-state index in [4.69, 9.17) is 4.74 Å². The maximum absolute atomic E-state index is 6.43. The van der Waals surface area contributed by atoms with Gasteiger partial charge >= 0.3 is 0 Å². The molecule has 5 aromatic carbocycles. The van der Waals surface area contributed by atoms with E-state index in [1.165, 1.54) is 55.0 Å². The number of hydrogen-bond acceptors (Lipinski definition) is 1. The molecular weight excluding hydrogens is 401 g/mol. The monoisotopic (exact) mass is 419 g/mol. The molecule has 8 rings (SSSR count). The third-order valence-electron chi connectivity index (χ3n) is 7.24. The van der Waals surface area contributed by atoms with Crippen LogP contribution in [0.2, 0.25) is 0 Å². The normalized spacial score (nSPS) is 13.0. The molecule has 1 aromatic heterocycles. The Labute approximate surface area is 191 Å². The summed E-state index contributed by atoms with van der Waals surface area (Å²) in [5.74, 6) is 1.91. The van der Waals surface area contributed by atoms with Gasteiger partial charge in [0.25, 0.3) is 6.71 Å². The van der Waals surface area contributed by atoms with E-state index in [9.17, 15) is 0 Å². The minimum absolute atomic E-state index is 0.143. The molecule has 0 spiro atoms. The van der Waals surface area contributed by atoms with Gasteiger partial charge in [-0.1, -0.05) is 78.9 Å². The van der Waals surface area contributed by atoms with Crippen molar-refractivity contribution in [1.82, 2.24) is 4.57 Å². The van der Waals surface area contributed by atoms with Crippen molar-refractivity contribution in [3.05, 3.63) is 109 Å². The predicted octanol–water partition coefficient (Wildman–Crippen LogP) is 5.39. The van der Waals surface area contributed by atoms with Crippen molar-refractivity contribution in [3.63, 3.8) is 0 Å². The van der Waals surface area contributed by atoms with Gasteiger partial charge in [-0.2, -0.15) is 0 Å². The molecule has 3 heterocycles. The minimum atomic E-state index is 0.143. The van der Waals surface area contributed by atoms with Crippen molar-refractivity contribution in [1.29, 1.82) is 0 Å². The highest BCUT2D eigenvalue weighted by Crippen LogP contribution is 2.38. The van der Waals surface area contributed by atoms with E-state index in [1.807, 2.05) is 0 Å². The number of aromatic nitrogens is 1. The Kier molecular flexibility index (Phi) is 3.24. The molecule has 0 bridgehead atoms. The highest BCUT2D eigenvalue weighted by atomic mass is 16.5. The number of ether oxygens (including phenoxy) is 1. The predicted molar refractivity (Wildman–Crippen MR) is 137 cm³/mol. The van der Waals surface area contributed by atoms with Gasteiger partial charge in [0.05, 0.1) is 5.52 Å². The Morgan fingerprint density at radius 1 is 0.576 bits per heavy atom. The molecule has 6 aromatic rings. The van der Waals surface area contributed by atoms with Crippen LogP contribution in [0, 0.1) is 0 Å². The summed E-state index contributed by atoms with van der Waals surface area (Å²) in [6, 6.07) is 39.2. The van der Waals surface area contributed by atoms with Crippen molar-refractivity contribution in [3.8, 4) is 28.3 Å². The van der Waals surface area contributed by atoms with E-state index in [2.05, 4.69) is 114 Å². The highest BCUT2D eigenvalue weighted by Gasteiger charge is 2.40. The number of para-hydroxylation sites is 2. The molecule has 0 fully saturated rings. The van der Waals surface area contributed by atoms with Gasteiger partial charge in [-0.05, 0) is 57.8 Å². The van der Waals surface area contributed by atoms with Crippen molar-refractivity contribution >= 4 is 44.9 Å². The van der Waals surface area contributed by atoms with Crippen molar-refractivity contribution < 1.29 is 4.74 Å². The standard InChI is InChI=1S/C30H18BNO/c1-2-9-19(10-3-1)20-17-22-21-11-4-6-13-25(21)32-26-14-8-16-28-29(26)31(24(18-20)30(22)32)23-12-5-7-15-27(23)33-28/h1-18H. The molecule has 0 aliphatic carbocycles. The van der Waals surface area contributed by atoms with Gasteiger partial charge in [-0.15, -0.1) is 0 Å². The summed E-state index contributed by atoms with van der Waals surface area (Å²) < 4.78 is 8.87. The molecule has 0 saturated heterocycles. The summed E-state index contributed by atoms with van der Waals surface area (Å²) in [6.45, 7) is 0.143. The van der Waals surface area contributed by atoms with Gasteiger partial charge in [0, 0.05) is 22.0 Å². The smallest absolute Gasteiger partial charge is 0.256 e. The molecule has 0 saturated carbocycles. The van der Waals surface area contributed by atoms with Crippen molar-refractivity contribution in [2.75, 3.05) is 0 Å². The van der Waals surface area contributed by atoms with E-state index in [0.29, 0.717) is 0 Å². The second-order valence-electron chi connectivity index (χ2n) is 8.94. The molecule has 0 unspecified atom stereocenters. The molecule has 2 nitrogen and oxygen atoms in total. The quantitative estimate of drug-likeness (QED) is 0.326. The van der Waals surface area contributed by atoms with E-state index >= 15 is 0 Å². The lowest BCUT2D eigenvalue weighted by Gasteiger charge is -2.33. The van der Waals surface area contributed by atoms with E-state index in [-0.39, 0.29) is 6.71 Å². The molecule has 0 amide bonds. The average molecular weight is 419 g/mol. The molecule has 0 atom stereocenters. The van der Waals surface area contributed by atoms with Crippen LogP contribution in [0.1, 0.15) is 0 Å². The number of benzene rings is 5. The summed E-state index contributed by atoms with van der Waals surface area (Å²) in [5, 5.41) is 2.60. The number of fused-ring (bicyclic) bond motifs is 7. The zero-order chi connectivity index (χ0) is 21.5. The lowest BCUT2D eigenvalue weighted by Crippen LogP contribution is -2.58. The Morgan fingerprint density at radius 3 is 2.30 bits per heavy atom. The molecule has 0 radical (unpaired) electrons. The van der Waals surface area contributed by atoms with Gasteiger partial charge in [-0.25, -0.2) is 0 Å². The first kappa shape index (κ1) is 17.3. The minimum Gasteiger partial charge on any atom is -0.458 e. The topological polar surface area (TPSA) is 14.2 Å².